The Balaban J connectivity index is 1.86. The van der Waals surface area contributed by atoms with Gasteiger partial charge in [0.2, 0.25) is 11.9 Å². The van der Waals surface area contributed by atoms with Crippen molar-refractivity contribution in [1.82, 2.24) is 20.3 Å². The fourth-order valence-corrected chi connectivity index (χ4v) is 2.73. The molecule has 0 aliphatic carbocycles. The minimum atomic E-state index is 0.0394. The maximum Gasteiger partial charge on any atom is 0.229 e. The monoisotopic (exact) mass is 348 g/mol. The molecule has 0 spiro atoms. The van der Waals surface area contributed by atoms with Crippen molar-refractivity contribution in [1.29, 1.82) is 0 Å². The van der Waals surface area contributed by atoms with Crippen LogP contribution in [0, 0.1) is 6.92 Å². The maximum absolute atomic E-state index is 5.83. The molecule has 2 aromatic carbocycles. The number of rotatable bonds is 6. The van der Waals surface area contributed by atoms with Gasteiger partial charge in [-0.05, 0) is 18.1 Å². The fraction of sp³-hybridized carbons (Fsp3) is 0.250. The van der Waals surface area contributed by atoms with Gasteiger partial charge in [-0.2, -0.15) is 15.0 Å². The second-order valence-corrected chi connectivity index (χ2v) is 6.44. The molecule has 26 heavy (non-hydrogen) atoms. The van der Waals surface area contributed by atoms with E-state index in [1.165, 1.54) is 16.7 Å². The van der Waals surface area contributed by atoms with E-state index in [4.69, 9.17) is 5.73 Å². The molecule has 0 saturated heterocycles. The summed E-state index contributed by atoms with van der Waals surface area (Å²) in [6, 6.07) is 18.9. The van der Waals surface area contributed by atoms with Gasteiger partial charge >= 0.3 is 0 Å². The highest BCUT2D eigenvalue weighted by Crippen LogP contribution is 2.23. The second-order valence-electron chi connectivity index (χ2n) is 6.44. The van der Waals surface area contributed by atoms with Crippen molar-refractivity contribution in [3.05, 3.63) is 77.1 Å². The summed E-state index contributed by atoms with van der Waals surface area (Å²) in [4.78, 5) is 14.7. The van der Waals surface area contributed by atoms with E-state index in [1.807, 2.05) is 37.2 Å². The molecule has 3 N–H and O–H groups in total. The van der Waals surface area contributed by atoms with E-state index in [1.54, 1.807) is 0 Å². The van der Waals surface area contributed by atoms with Crippen LogP contribution in [0.2, 0.25) is 0 Å². The number of nitrogens with two attached hydrogens (primary N) is 1. The normalized spacial score (nSPS) is 12.0. The van der Waals surface area contributed by atoms with Crippen LogP contribution >= 0.6 is 0 Å². The molecule has 0 fully saturated rings. The molecule has 0 saturated carbocycles. The van der Waals surface area contributed by atoms with E-state index in [9.17, 15) is 0 Å². The van der Waals surface area contributed by atoms with Gasteiger partial charge in [0.05, 0.1) is 12.6 Å². The SMILES string of the molecule is Cc1ccc([C@@H](NCc2nc(N)nc(N(C)C)n2)c2ccccc2)cc1. The summed E-state index contributed by atoms with van der Waals surface area (Å²) in [5.74, 6) is 1.40. The molecule has 3 aromatic rings. The Morgan fingerprint density at radius 3 is 2.23 bits per heavy atom. The summed E-state index contributed by atoms with van der Waals surface area (Å²) in [6.07, 6.45) is 0. The Labute approximate surface area is 154 Å². The molecule has 0 aliphatic heterocycles. The Morgan fingerprint density at radius 1 is 0.923 bits per heavy atom. The van der Waals surface area contributed by atoms with Gasteiger partial charge in [-0.3, -0.25) is 5.32 Å². The van der Waals surface area contributed by atoms with Crippen LogP contribution in [0.1, 0.15) is 28.6 Å². The molecular weight excluding hydrogens is 324 g/mol. The lowest BCUT2D eigenvalue weighted by molar-refractivity contribution is 0.585. The molecule has 0 amide bonds. The van der Waals surface area contributed by atoms with E-state index in [2.05, 4.69) is 63.6 Å². The third-order valence-corrected chi connectivity index (χ3v) is 4.10. The van der Waals surface area contributed by atoms with Crippen LogP contribution in [0.4, 0.5) is 11.9 Å². The van der Waals surface area contributed by atoms with E-state index in [-0.39, 0.29) is 12.0 Å². The van der Waals surface area contributed by atoms with Gasteiger partial charge in [-0.1, -0.05) is 60.2 Å². The van der Waals surface area contributed by atoms with Crippen molar-refractivity contribution in [2.24, 2.45) is 0 Å². The molecular formula is C20H24N6. The van der Waals surface area contributed by atoms with Gasteiger partial charge in [0.15, 0.2) is 0 Å². The molecule has 0 aliphatic rings. The minimum Gasteiger partial charge on any atom is -0.368 e. The quantitative estimate of drug-likeness (QED) is 0.713. The number of nitrogens with one attached hydrogen (secondary N) is 1. The number of nitrogen functional groups attached to an aromatic ring is 1. The maximum atomic E-state index is 5.83. The zero-order valence-electron chi connectivity index (χ0n) is 15.3. The standard InChI is InChI=1S/C20H24N6/c1-14-9-11-16(12-10-14)18(15-7-5-4-6-8-15)22-13-17-23-19(21)25-20(24-17)26(2)3/h4-12,18,22H,13H2,1-3H3,(H2,21,23,24,25)/t18-/m0/s1. The first-order chi connectivity index (χ1) is 12.5. The molecule has 0 unspecified atom stereocenters. The number of nitrogens with zero attached hydrogens (tertiary/aromatic N) is 4. The predicted molar refractivity (Wildman–Crippen MR) is 105 cm³/mol. The molecule has 3 rings (SSSR count). The molecule has 0 radical (unpaired) electrons. The van der Waals surface area contributed by atoms with Gasteiger partial charge in [0.1, 0.15) is 5.82 Å². The Hall–Kier alpha value is -2.99. The van der Waals surface area contributed by atoms with Crippen molar-refractivity contribution < 1.29 is 0 Å². The summed E-state index contributed by atoms with van der Waals surface area (Å²) >= 11 is 0. The molecule has 0 bridgehead atoms. The van der Waals surface area contributed by atoms with Gasteiger partial charge in [-0.25, -0.2) is 0 Å². The number of benzene rings is 2. The van der Waals surface area contributed by atoms with E-state index in [0.29, 0.717) is 18.3 Å². The summed E-state index contributed by atoms with van der Waals surface area (Å²) < 4.78 is 0. The summed E-state index contributed by atoms with van der Waals surface area (Å²) in [5.41, 5.74) is 9.44. The second kappa shape index (κ2) is 7.93. The topological polar surface area (TPSA) is 80.0 Å². The van der Waals surface area contributed by atoms with Crippen LogP contribution in [0.3, 0.4) is 0 Å². The van der Waals surface area contributed by atoms with Crippen LogP contribution < -0.4 is 16.0 Å². The zero-order chi connectivity index (χ0) is 18.5. The van der Waals surface area contributed by atoms with Crippen LogP contribution in [-0.4, -0.2) is 29.0 Å². The highest BCUT2D eigenvalue weighted by molar-refractivity contribution is 5.34. The Kier molecular flexibility index (Phi) is 5.43. The lowest BCUT2D eigenvalue weighted by atomic mass is 9.98. The molecule has 1 atom stereocenters. The average Bonchev–Trinajstić information content (AvgIpc) is 2.64. The van der Waals surface area contributed by atoms with E-state index >= 15 is 0 Å². The first-order valence-electron chi connectivity index (χ1n) is 8.55. The number of aromatic nitrogens is 3. The smallest absolute Gasteiger partial charge is 0.229 e. The van der Waals surface area contributed by atoms with Crippen LogP contribution in [0.25, 0.3) is 0 Å². The number of anilines is 2. The lowest BCUT2D eigenvalue weighted by Gasteiger charge is -2.20. The van der Waals surface area contributed by atoms with Gasteiger partial charge in [-0.15, -0.1) is 0 Å². The minimum absolute atomic E-state index is 0.0394. The van der Waals surface area contributed by atoms with Crippen molar-refractivity contribution in [3.8, 4) is 0 Å². The zero-order valence-corrected chi connectivity index (χ0v) is 15.3. The third kappa shape index (κ3) is 4.34. The third-order valence-electron chi connectivity index (χ3n) is 4.10. The van der Waals surface area contributed by atoms with Gasteiger partial charge < -0.3 is 10.6 Å². The average molecular weight is 348 g/mol. The summed E-state index contributed by atoms with van der Waals surface area (Å²) in [7, 11) is 3.76. The number of hydrogen-bond acceptors (Lipinski definition) is 6. The highest BCUT2D eigenvalue weighted by Gasteiger charge is 2.15. The Bertz CT molecular complexity index is 846. The van der Waals surface area contributed by atoms with E-state index < -0.39 is 0 Å². The van der Waals surface area contributed by atoms with Crippen molar-refractivity contribution in [3.63, 3.8) is 0 Å². The van der Waals surface area contributed by atoms with Crippen LogP contribution in [0.5, 0.6) is 0 Å². The fourth-order valence-electron chi connectivity index (χ4n) is 2.73. The highest BCUT2D eigenvalue weighted by atomic mass is 15.3. The molecule has 1 aromatic heterocycles. The first kappa shape index (κ1) is 17.8. The van der Waals surface area contributed by atoms with Gasteiger partial charge in [0, 0.05) is 14.1 Å². The molecule has 134 valence electrons. The van der Waals surface area contributed by atoms with Crippen molar-refractivity contribution >= 4 is 11.9 Å². The first-order valence-corrected chi connectivity index (χ1v) is 8.55. The summed E-state index contributed by atoms with van der Waals surface area (Å²) in [6.45, 7) is 2.58. The molecule has 1 heterocycles. The number of hydrogen-bond donors (Lipinski definition) is 2. The van der Waals surface area contributed by atoms with Crippen LogP contribution in [-0.2, 0) is 6.54 Å². The predicted octanol–water partition coefficient (Wildman–Crippen LogP) is 2.71. The molecule has 6 heteroatoms. The largest absolute Gasteiger partial charge is 0.368 e. The number of aryl methyl sites for hydroxylation is 1. The van der Waals surface area contributed by atoms with Crippen LogP contribution in [0.15, 0.2) is 54.6 Å². The van der Waals surface area contributed by atoms with Gasteiger partial charge in [0.25, 0.3) is 0 Å². The van der Waals surface area contributed by atoms with Crippen molar-refractivity contribution in [2.45, 2.75) is 19.5 Å². The van der Waals surface area contributed by atoms with Crippen molar-refractivity contribution in [2.75, 3.05) is 24.7 Å². The summed E-state index contributed by atoms with van der Waals surface area (Å²) in [5, 5.41) is 3.55. The Morgan fingerprint density at radius 2 is 1.58 bits per heavy atom. The lowest BCUT2D eigenvalue weighted by Crippen LogP contribution is -2.24. The molecule has 6 nitrogen and oxygen atoms in total. The van der Waals surface area contributed by atoms with E-state index in [0.717, 1.165) is 0 Å².